The lowest BCUT2D eigenvalue weighted by atomic mass is 10.4. The van der Waals surface area contributed by atoms with Gasteiger partial charge in [-0.1, -0.05) is 0 Å². The van der Waals surface area contributed by atoms with E-state index in [1.807, 2.05) is 0 Å². The molecule has 19 heavy (non-hydrogen) atoms. The van der Waals surface area contributed by atoms with Crippen LogP contribution >= 0.6 is 0 Å². The molecule has 7 nitrogen and oxygen atoms in total. The van der Waals surface area contributed by atoms with Crippen LogP contribution in [0.3, 0.4) is 0 Å². The highest BCUT2D eigenvalue weighted by Crippen LogP contribution is 2.02. The van der Waals surface area contributed by atoms with Crippen molar-refractivity contribution in [1.29, 1.82) is 0 Å². The fraction of sp³-hybridized carbons (Fsp3) is 0.250. The van der Waals surface area contributed by atoms with E-state index < -0.39 is 24.5 Å². The van der Waals surface area contributed by atoms with Crippen LogP contribution in [0.1, 0.15) is 5.76 Å². The molecule has 102 valence electrons. The number of nitrogens with one attached hydrogen (secondary N) is 1. The zero-order valence-electron chi connectivity index (χ0n) is 10.3. The van der Waals surface area contributed by atoms with Gasteiger partial charge in [-0.2, -0.15) is 0 Å². The van der Waals surface area contributed by atoms with E-state index in [0.717, 1.165) is 6.08 Å². The average Bonchev–Trinajstić information content (AvgIpc) is 2.93. The Kier molecular flexibility index (Phi) is 5.87. The Labute approximate surface area is 109 Å². The molecule has 1 N–H and O–H groups in total. The van der Waals surface area contributed by atoms with Crippen molar-refractivity contribution in [1.82, 2.24) is 5.32 Å². The summed E-state index contributed by atoms with van der Waals surface area (Å²) in [5, 5.41) is 2.23. The molecule has 0 aliphatic heterocycles. The highest BCUT2D eigenvalue weighted by atomic mass is 16.5. The number of ether oxygens (including phenoxy) is 2. The summed E-state index contributed by atoms with van der Waals surface area (Å²) in [5.74, 6) is -1.38. The van der Waals surface area contributed by atoms with Gasteiger partial charge in [0.1, 0.15) is 12.3 Å². The second-order valence-electron chi connectivity index (χ2n) is 3.31. The Morgan fingerprint density at radius 3 is 2.84 bits per heavy atom. The van der Waals surface area contributed by atoms with Crippen LogP contribution in [0, 0.1) is 0 Å². The molecule has 1 amide bonds. The fourth-order valence-electron chi connectivity index (χ4n) is 1.02. The van der Waals surface area contributed by atoms with E-state index in [-0.39, 0.29) is 6.54 Å². The van der Waals surface area contributed by atoms with Crippen LogP contribution in [-0.2, 0) is 23.9 Å². The zero-order valence-corrected chi connectivity index (χ0v) is 10.3. The number of amides is 1. The smallest absolute Gasteiger partial charge is 0.331 e. The summed E-state index contributed by atoms with van der Waals surface area (Å²) in [7, 11) is 1.20. The Morgan fingerprint density at radius 1 is 1.42 bits per heavy atom. The van der Waals surface area contributed by atoms with Gasteiger partial charge < -0.3 is 19.2 Å². The van der Waals surface area contributed by atoms with Crippen molar-refractivity contribution in [2.75, 3.05) is 20.3 Å². The van der Waals surface area contributed by atoms with Crippen molar-refractivity contribution >= 4 is 23.9 Å². The van der Waals surface area contributed by atoms with Crippen LogP contribution in [0.5, 0.6) is 0 Å². The summed E-state index contributed by atoms with van der Waals surface area (Å²) in [6, 6.07) is 3.33. The number of methoxy groups -OCH3 is 1. The van der Waals surface area contributed by atoms with Gasteiger partial charge in [-0.15, -0.1) is 0 Å². The van der Waals surface area contributed by atoms with Gasteiger partial charge in [-0.3, -0.25) is 9.59 Å². The quantitative estimate of drug-likeness (QED) is 0.581. The first-order valence-corrected chi connectivity index (χ1v) is 5.33. The number of esters is 2. The molecule has 0 fully saturated rings. The van der Waals surface area contributed by atoms with E-state index in [9.17, 15) is 14.4 Å². The first kappa shape index (κ1) is 14.5. The van der Waals surface area contributed by atoms with Crippen molar-refractivity contribution in [3.63, 3.8) is 0 Å². The van der Waals surface area contributed by atoms with Crippen LogP contribution in [0.25, 0.3) is 6.08 Å². The molecular weight excluding hydrogens is 254 g/mol. The minimum Gasteiger partial charge on any atom is -0.468 e. The number of rotatable bonds is 6. The second-order valence-corrected chi connectivity index (χ2v) is 3.31. The van der Waals surface area contributed by atoms with E-state index in [4.69, 9.17) is 4.42 Å². The highest BCUT2D eigenvalue weighted by molar-refractivity contribution is 5.89. The molecule has 1 aromatic rings. The van der Waals surface area contributed by atoms with Crippen LogP contribution in [-0.4, -0.2) is 38.1 Å². The molecule has 0 atom stereocenters. The molecule has 0 aliphatic rings. The van der Waals surface area contributed by atoms with Gasteiger partial charge >= 0.3 is 11.9 Å². The SMILES string of the molecule is COC(=O)CNC(=O)COC(=O)/C=C/c1ccco1. The second kappa shape index (κ2) is 7.70. The van der Waals surface area contributed by atoms with Crippen molar-refractivity contribution in [3.05, 3.63) is 30.2 Å². The molecular formula is C12H13NO6. The van der Waals surface area contributed by atoms with Crippen LogP contribution in [0.15, 0.2) is 28.9 Å². The fourth-order valence-corrected chi connectivity index (χ4v) is 1.02. The van der Waals surface area contributed by atoms with E-state index in [2.05, 4.69) is 14.8 Å². The van der Waals surface area contributed by atoms with Gasteiger partial charge in [-0.05, 0) is 18.2 Å². The Morgan fingerprint density at radius 2 is 2.21 bits per heavy atom. The standard InChI is InChI=1S/C12H13NO6/c1-17-12(16)7-13-10(14)8-19-11(15)5-4-9-3-2-6-18-9/h2-6H,7-8H2,1H3,(H,13,14)/b5-4+. The van der Waals surface area contributed by atoms with Gasteiger partial charge in [0, 0.05) is 6.08 Å². The van der Waals surface area contributed by atoms with Gasteiger partial charge in [-0.25, -0.2) is 4.79 Å². The Hall–Kier alpha value is -2.57. The molecule has 1 aromatic heterocycles. The number of hydrogen-bond acceptors (Lipinski definition) is 6. The monoisotopic (exact) mass is 267 g/mol. The number of furan rings is 1. The van der Waals surface area contributed by atoms with Crippen molar-refractivity contribution < 1.29 is 28.3 Å². The van der Waals surface area contributed by atoms with E-state index in [1.54, 1.807) is 12.1 Å². The molecule has 0 spiro atoms. The van der Waals surface area contributed by atoms with Crippen LogP contribution < -0.4 is 5.32 Å². The van der Waals surface area contributed by atoms with Gasteiger partial charge in [0.05, 0.1) is 13.4 Å². The molecule has 0 saturated heterocycles. The first-order chi connectivity index (χ1) is 9.11. The Bertz CT molecular complexity index is 463. The Balaban J connectivity index is 2.23. The van der Waals surface area contributed by atoms with Crippen LogP contribution in [0.2, 0.25) is 0 Å². The predicted molar refractivity (Wildman–Crippen MR) is 63.7 cm³/mol. The summed E-state index contributed by atoms with van der Waals surface area (Å²) in [4.78, 5) is 33.1. The first-order valence-electron chi connectivity index (χ1n) is 5.33. The molecule has 0 bridgehead atoms. The van der Waals surface area contributed by atoms with E-state index >= 15 is 0 Å². The third-order valence-electron chi connectivity index (χ3n) is 1.93. The molecule has 0 aliphatic carbocycles. The normalized spacial score (nSPS) is 10.2. The van der Waals surface area contributed by atoms with Crippen LogP contribution in [0.4, 0.5) is 0 Å². The maximum atomic E-state index is 11.2. The molecule has 1 rings (SSSR count). The minimum atomic E-state index is -0.690. The number of carbonyl (C=O) groups excluding carboxylic acids is 3. The number of hydrogen-bond donors (Lipinski definition) is 1. The lowest BCUT2D eigenvalue weighted by Crippen LogP contribution is -2.33. The van der Waals surface area contributed by atoms with Gasteiger partial charge in [0.15, 0.2) is 6.61 Å². The molecule has 0 unspecified atom stereocenters. The molecule has 0 radical (unpaired) electrons. The topological polar surface area (TPSA) is 94.8 Å². The largest absolute Gasteiger partial charge is 0.468 e. The van der Waals surface area contributed by atoms with E-state index in [1.165, 1.54) is 19.4 Å². The van der Waals surface area contributed by atoms with Crippen molar-refractivity contribution in [3.8, 4) is 0 Å². The zero-order chi connectivity index (χ0) is 14.1. The van der Waals surface area contributed by atoms with Crippen molar-refractivity contribution in [2.24, 2.45) is 0 Å². The summed E-state index contributed by atoms with van der Waals surface area (Å²) in [6.45, 7) is -0.743. The summed E-state index contributed by atoms with van der Waals surface area (Å²) in [5.41, 5.74) is 0. The lowest BCUT2D eigenvalue weighted by molar-refractivity contribution is -0.145. The minimum absolute atomic E-state index is 0.269. The maximum Gasteiger partial charge on any atom is 0.331 e. The van der Waals surface area contributed by atoms with Gasteiger partial charge in [0.25, 0.3) is 5.91 Å². The average molecular weight is 267 g/mol. The molecule has 7 heteroatoms. The summed E-state index contributed by atoms with van der Waals surface area (Å²) < 4.78 is 13.9. The summed E-state index contributed by atoms with van der Waals surface area (Å²) in [6.07, 6.45) is 4.01. The third kappa shape index (κ3) is 6.06. The highest BCUT2D eigenvalue weighted by Gasteiger charge is 2.07. The molecule has 0 aromatic carbocycles. The van der Waals surface area contributed by atoms with E-state index in [0.29, 0.717) is 5.76 Å². The summed E-state index contributed by atoms with van der Waals surface area (Å²) >= 11 is 0. The van der Waals surface area contributed by atoms with Crippen molar-refractivity contribution in [2.45, 2.75) is 0 Å². The molecule has 0 saturated carbocycles. The number of carbonyl (C=O) groups is 3. The lowest BCUT2D eigenvalue weighted by Gasteiger charge is -2.03. The predicted octanol–water partition coefficient (Wildman–Crippen LogP) is 0.125. The molecule has 1 heterocycles. The third-order valence-corrected chi connectivity index (χ3v) is 1.93. The van der Waals surface area contributed by atoms with Gasteiger partial charge in [0.2, 0.25) is 0 Å². The maximum absolute atomic E-state index is 11.2.